The Morgan fingerprint density at radius 1 is 1.39 bits per heavy atom. The lowest BCUT2D eigenvalue weighted by Gasteiger charge is -2.30. The molecule has 1 aromatic carbocycles. The Bertz CT molecular complexity index is 409. The first kappa shape index (κ1) is 13.2. The Morgan fingerprint density at radius 3 is 2.72 bits per heavy atom. The summed E-state index contributed by atoms with van der Waals surface area (Å²) in [5, 5.41) is 0. The Balaban J connectivity index is 1.89. The van der Waals surface area contributed by atoms with Crippen molar-refractivity contribution in [1.29, 1.82) is 0 Å². The molecule has 3 heteroatoms. The van der Waals surface area contributed by atoms with Crippen LogP contribution in [0.15, 0.2) is 24.3 Å². The second kappa shape index (κ2) is 6.12. The van der Waals surface area contributed by atoms with Crippen molar-refractivity contribution in [3.63, 3.8) is 0 Å². The SMILES string of the molecule is COC1CCN(CC(=O)c2cccc(C)c2)CC1. The van der Waals surface area contributed by atoms with Gasteiger partial charge in [-0.1, -0.05) is 23.8 Å². The number of piperidine rings is 1. The van der Waals surface area contributed by atoms with Crippen molar-refractivity contribution in [2.75, 3.05) is 26.7 Å². The predicted molar refractivity (Wildman–Crippen MR) is 72.0 cm³/mol. The molecule has 0 unspecified atom stereocenters. The van der Waals surface area contributed by atoms with Gasteiger partial charge in [-0.2, -0.15) is 0 Å². The van der Waals surface area contributed by atoms with Crippen molar-refractivity contribution in [2.45, 2.75) is 25.9 Å². The minimum Gasteiger partial charge on any atom is -0.381 e. The first-order valence-corrected chi connectivity index (χ1v) is 6.54. The van der Waals surface area contributed by atoms with E-state index in [-0.39, 0.29) is 5.78 Å². The molecule has 1 heterocycles. The molecule has 0 N–H and O–H groups in total. The summed E-state index contributed by atoms with van der Waals surface area (Å²) in [6, 6.07) is 7.82. The molecule has 0 atom stereocenters. The zero-order valence-corrected chi connectivity index (χ0v) is 11.2. The molecule has 3 nitrogen and oxygen atoms in total. The zero-order valence-electron chi connectivity index (χ0n) is 11.2. The molecule has 18 heavy (non-hydrogen) atoms. The molecule has 0 amide bonds. The molecule has 0 spiro atoms. The van der Waals surface area contributed by atoms with Crippen LogP contribution in [0.5, 0.6) is 0 Å². The van der Waals surface area contributed by atoms with Gasteiger partial charge < -0.3 is 4.74 Å². The van der Waals surface area contributed by atoms with Gasteiger partial charge >= 0.3 is 0 Å². The Morgan fingerprint density at radius 2 is 2.11 bits per heavy atom. The molecule has 2 rings (SSSR count). The van der Waals surface area contributed by atoms with Gasteiger partial charge in [0.1, 0.15) is 0 Å². The quantitative estimate of drug-likeness (QED) is 0.765. The molecular weight excluding hydrogens is 226 g/mol. The van der Waals surface area contributed by atoms with Gasteiger partial charge in [0.05, 0.1) is 12.6 Å². The van der Waals surface area contributed by atoms with Gasteiger partial charge in [0.25, 0.3) is 0 Å². The predicted octanol–water partition coefficient (Wildman–Crippen LogP) is 2.29. The highest BCUT2D eigenvalue weighted by atomic mass is 16.5. The Labute approximate surface area is 109 Å². The summed E-state index contributed by atoms with van der Waals surface area (Å²) in [6.07, 6.45) is 2.42. The van der Waals surface area contributed by atoms with Crippen molar-refractivity contribution < 1.29 is 9.53 Å². The number of hydrogen-bond donors (Lipinski definition) is 0. The molecule has 1 fully saturated rings. The third-order valence-electron chi connectivity index (χ3n) is 3.58. The average molecular weight is 247 g/mol. The maximum atomic E-state index is 12.1. The van der Waals surface area contributed by atoms with Gasteiger partial charge in [0, 0.05) is 25.8 Å². The van der Waals surface area contributed by atoms with Gasteiger partial charge in [-0.15, -0.1) is 0 Å². The molecule has 98 valence electrons. The van der Waals surface area contributed by atoms with E-state index >= 15 is 0 Å². The summed E-state index contributed by atoms with van der Waals surface area (Å²) >= 11 is 0. The third kappa shape index (κ3) is 3.40. The molecule has 0 aliphatic carbocycles. The van der Waals surface area contributed by atoms with E-state index in [0.717, 1.165) is 37.1 Å². The van der Waals surface area contributed by atoms with Crippen LogP contribution in [0.2, 0.25) is 0 Å². The van der Waals surface area contributed by atoms with E-state index in [2.05, 4.69) is 4.90 Å². The van der Waals surface area contributed by atoms with Crippen LogP contribution in [0.1, 0.15) is 28.8 Å². The normalized spacial score (nSPS) is 17.9. The van der Waals surface area contributed by atoms with Crippen molar-refractivity contribution in [3.05, 3.63) is 35.4 Å². The number of nitrogens with zero attached hydrogens (tertiary/aromatic N) is 1. The van der Waals surface area contributed by atoms with Crippen LogP contribution >= 0.6 is 0 Å². The van der Waals surface area contributed by atoms with Crippen molar-refractivity contribution in [2.24, 2.45) is 0 Å². The largest absolute Gasteiger partial charge is 0.381 e. The van der Waals surface area contributed by atoms with Gasteiger partial charge in [-0.3, -0.25) is 9.69 Å². The van der Waals surface area contributed by atoms with Crippen LogP contribution in [-0.4, -0.2) is 43.5 Å². The number of benzene rings is 1. The van der Waals surface area contributed by atoms with Crippen LogP contribution in [-0.2, 0) is 4.74 Å². The first-order valence-electron chi connectivity index (χ1n) is 6.54. The lowest BCUT2D eigenvalue weighted by atomic mass is 10.0. The molecule has 0 saturated carbocycles. The smallest absolute Gasteiger partial charge is 0.176 e. The van der Waals surface area contributed by atoms with Crippen molar-refractivity contribution in [1.82, 2.24) is 4.90 Å². The highest BCUT2D eigenvalue weighted by molar-refractivity contribution is 5.97. The van der Waals surface area contributed by atoms with Gasteiger partial charge in [0.2, 0.25) is 0 Å². The van der Waals surface area contributed by atoms with E-state index in [1.54, 1.807) is 7.11 Å². The van der Waals surface area contributed by atoms with E-state index < -0.39 is 0 Å². The standard InChI is InChI=1S/C15H21NO2/c1-12-4-3-5-13(10-12)15(17)11-16-8-6-14(18-2)7-9-16/h3-5,10,14H,6-9,11H2,1-2H3. The minimum absolute atomic E-state index is 0.217. The molecule has 1 aliphatic rings. The molecular formula is C15H21NO2. The summed E-state index contributed by atoms with van der Waals surface area (Å²) in [5.41, 5.74) is 1.96. The second-order valence-electron chi connectivity index (χ2n) is 5.00. The number of carbonyl (C=O) groups is 1. The number of ketones is 1. The number of hydrogen-bond acceptors (Lipinski definition) is 3. The van der Waals surface area contributed by atoms with Crippen molar-refractivity contribution in [3.8, 4) is 0 Å². The van der Waals surface area contributed by atoms with Crippen LogP contribution in [0.4, 0.5) is 0 Å². The highest BCUT2D eigenvalue weighted by Gasteiger charge is 2.20. The maximum absolute atomic E-state index is 12.1. The molecule has 0 aromatic heterocycles. The number of Topliss-reactive ketones (excluding diaryl/α,β-unsaturated/α-hetero) is 1. The molecule has 0 bridgehead atoms. The molecule has 1 aromatic rings. The fourth-order valence-corrected chi connectivity index (χ4v) is 2.42. The number of carbonyl (C=O) groups excluding carboxylic acids is 1. The number of aryl methyl sites for hydroxylation is 1. The average Bonchev–Trinajstić information content (AvgIpc) is 2.39. The van der Waals surface area contributed by atoms with Crippen LogP contribution in [0, 0.1) is 6.92 Å². The molecule has 1 saturated heterocycles. The summed E-state index contributed by atoms with van der Waals surface area (Å²) in [5.74, 6) is 0.217. The first-order chi connectivity index (χ1) is 8.69. The van der Waals surface area contributed by atoms with Crippen molar-refractivity contribution >= 4 is 5.78 Å². The van der Waals surface area contributed by atoms with Gasteiger partial charge in [-0.25, -0.2) is 0 Å². The summed E-state index contributed by atoms with van der Waals surface area (Å²) in [4.78, 5) is 14.4. The summed E-state index contributed by atoms with van der Waals surface area (Å²) in [6.45, 7) is 4.45. The summed E-state index contributed by atoms with van der Waals surface area (Å²) in [7, 11) is 1.76. The fourth-order valence-electron chi connectivity index (χ4n) is 2.42. The fraction of sp³-hybridized carbons (Fsp3) is 0.533. The Kier molecular flexibility index (Phi) is 4.50. The topological polar surface area (TPSA) is 29.5 Å². The minimum atomic E-state index is 0.217. The van der Waals surface area contributed by atoms with Gasteiger partial charge in [0.15, 0.2) is 5.78 Å². The lowest BCUT2D eigenvalue weighted by molar-refractivity contribution is 0.0401. The maximum Gasteiger partial charge on any atom is 0.176 e. The van der Waals surface area contributed by atoms with Crippen LogP contribution in [0.3, 0.4) is 0 Å². The molecule has 1 aliphatic heterocycles. The Hall–Kier alpha value is -1.19. The number of likely N-dealkylation sites (tertiary alicyclic amines) is 1. The highest BCUT2D eigenvalue weighted by Crippen LogP contribution is 2.14. The number of methoxy groups -OCH3 is 1. The van der Waals surface area contributed by atoms with Gasteiger partial charge in [-0.05, 0) is 25.8 Å². The number of ether oxygens (including phenoxy) is 1. The van der Waals surface area contributed by atoms with Crippen LogP contribution < -0.4 is 0 Å². The van der Waals surface area contributed by atoms with Crippen LogP contribution in [0.25, 0.3) is 0 Å². The third-order valence-corrected chi connectivity index (χ3v) is 3.58. The zero-order chi connectivity index (χ0) is 13.0. The molecule has 0 radical (unpaired) electrons. The van der Waals surface area contributed by atoms with E-state index in [1.807, 2.05) is 31.2 Å². The second-order valence-corrected chi connectivity index (χ2v) is 5.00. The van der Waals surface area contributed by atoms with E-state index in [4.69, 9.17) is 4.74 Å². The lowest BCUT2D eigenvalue weighted by Crippen LogP contribution is -2.39. The monoisotopic (exact) mass is 247 g/mol. The summed E-state index contributed by atoms with van der Waals surface area (Å²) < 4.78 is 5.33. The van der Waals surface area contributed by atoms with E-state index in [1.165, 1.54) is 0 Å². The van der Waals surface area contributed by atoms with E-state index in [0.29, 0.717) is 12.6 Å². The number of rotatable bonds is 4. The van der Waals surface area contributed by atoms with E-state index in [9.17, 15) is 4.79 Å².